The maximum atomic E-state index is 13.5. The monoisotopic (exact) mass is 570 g/mol. The number of thioether (sulfide) groups is 1. The summed E-state index contributed by atoms with van der Waals surface area (Å²) in [7, 11) is 0. The van der Waals surface area contributed by atoms with Crippen LogP contribution >= 0.6 is 11.8 Å². The number of nitrogens with zero attached hydrogens (tertiary/aromatic N) is 3. The second-order valence-corrected chi connectivity index (χ2v) is 11.2. The van der Waals surface area contributed by atoms with Crippen LogP contribution in [0.3, 0.4) is 0 Å². The van der Waals surface area contributed by atoms with Crippen LogP contribution in [0.25, 0.3) is 0 Å². The normalized spacial score (nSPS) is 19.3. The molecule has 2 amide bonds. The highest BCUT2D eigenvalue weighted by molar-refractivity contribution is 8.02. The SMILES string of the molecule is C=C(SC)/C(=C/CC)N(CCCCO)CC(=O)N(CC(C)C)[C@@H]1CNC[C@H](C)C1.CC.O=CN1CCOCC1. The summed E-state index contributed by atoms with van der Waals surface area (Å²) in [5, 5.41) is 12.7. The predicted octanol–water partition coefficient (Wildman–Crippen LogP) is 4.22. The highest BCUT2D eigenvalue weighted by Crippen LogP contribution is 2.25. The average molecular weight is 571 g/mol. The second-order valence-electron chi connectivity index (χ2n) is 10.3. The van der Waals surface area contributed by atoms with Crippen LogP contribution in [0.5, 0.6) is 0 Å². The Morgan fingerprint density at radius 2 is 1.90 bits per heavy atom. The van der Waals surface area contributed by atoms with E-state index in [2.05, 4.69) is 55.5 Å². The van der Waals surface area contributed by atoms with Gasteiger partial charge in [0.1, 0.15) is 0 Å². The van der Waals surface area contributed by atoms with E-state index < -0.39 is 0 Å². The van der Waals surface area contributed by atoms with Gasteiger partial charge in [0.25, 0.3) is 0 Å². The molecule has 0 bridgehead atoms. The van der Waals surface area contributed by atoms with Crippen LogP contribution in [0.4, 0.5) is 0 Å². The fraction of sp³-hybridized carbons (Fsp3) is 0.800. The number of piperidine rings is 1. The maximum absolute atomic E-state index is 13.5. The maximum Gasteiger partial charge on any atom is 0.242 e. The Kier molecular flexibility index (Phi) is 22.3. The van der Waals surface area contributed by atoms with Gasteiger partial charge in [-0.2, -0.15) is 0 Å². The molecule has 2 atom stereocenters. The summed E-state index contributed by atoms with van der Waals surface area (Å²) >= 11 is 1.63. The molecule has 0 unspecified atom stereocenters. The standard InChI is InChI=1S/C23H43N3O2S.C5H9NO2.C2H6/c1-7-10-22(20(5)29-6)25(11-8-9-12-27)17-23(28)26(16-18(2)3)21-13-19(4)14-24-15-21;7-5-6-1-3-8-4-2-6;1-2/h10,18-19,21,24,27H,5,7-9,11-17H2,1-4,6H3;5H,1-4H2;1-2H3/b22-10-;;/t19-,21+;;/m1../s1. The van der Waals surface area contributed by atoms with Gasteiger partial charge in [0, 0.05) is 56.0 Å². The minimum atomic E-state index is 0.184. The number of carbonyl (C=O) groups is 2. The molecule has 0 aromatic heterocycles. The van der Waals surface area contributed by atoms with E-state index in [-0.39, 0.29) is 18.6 Å². The van der Waals surface area contributed by atoms with Crippen molar-refractivity contribution in [3.8, 4) is 0 Å². The Balaban J connectivity index is 0.00000121. The molecule has 0 radical (unpaired) electrons. The first-order chi connectivity index (χ1) is 18.8. The first kappa shape index (κ1) is 37.5. The molecule has 228 valence electrons. The molecule has 0 aromatic carbocycles. The Morgan fingerprint density at radius 3 is 2.38 bits per heavy atom. The topological polar surface area (TPSA) is 85.3 Å². The number of carbonyl (C=O) groups excluding carboxylic acids is 2. The molecule has 2 aliphatic heterocycles. The molecule has 0 aliphatic carbocycles. The van der Waals surface area contributed by atoms with Gasteiger partial charge in [-0.3, -0.25) is 9.59 Å². The number of aliphatic hydroxyl groups is 1. The van der Waals surface area contributed by atoms with E-state index >= 15 is 0 Å². The van der Waals surface area contributed by atoms with Gasteiger partial charge in [-0.25, -0.2) is 0 Å². The minimum Gasteiger partial charge on any atom is -0.396 e. The second kappa shape index (κ2) is 23.2. The van der Waals surface area contributed by atoms with Crippen LogP contribution in [0.15, 0.2) is 23.3 Å². The molecule has 2 saturated heterocycles. The van der Waals surface area contributed by atoms with E-state index in [4.69, 9.17) is 4.74 Å². The number of ether oxygens (including phenoxy) is 1. The van der Waals surface area contributed by atoms with Crippen molar-refractivity contribution in [1.29, 1.82) is 0 Å². The summed E-state index contributed by atoms with van der Waals surface area (Å²) in [6.07, 6.45) is 8.63. The van der Waals surface area contributed by atoms with Gasteiger partial charge < -0.3 is 29.9 Å². The zero-order valence-electron chi connectivity index (χ0n) is 25.9. The van der Waals surface area contributed by atoms with Crippen LogP contribution in [-0.4, -0.2) is 110 Å². The molecular formula is C30H58N4O4S. The molecule has 0 aromatic rings. The molecule has 0 spiro atoms. The summed E-state index contributed by atoms with van der Waals surface area (Å²) in [5.41, 5.74) is 1.06. The Hall–Kier alpha value is -1.55. The van der Waals surface area contributed by atoms with Gasteiger partial charge >= 0.3 is 0 Å². The van der Waals surface area contributed by atoms with Crippen LogP contribution < -0.4 is 5.32 Å². The van der Waals surface area contributed by atoms with Crippen molar-refractivity contribution in [2.45, 2.75) is 73.3 Å². The molecule has 2 heterocycles. The van der Waals surface area contributed by atoms with Crippen LogP contribution in [0.2, 0.25) is 0 Å². The van der Waals surface area contributed by atoms with Crippen molar-refractivity contribution in [2.75, 3.05) is 71.9 Å². The number of allylic oxidation sites excluding steroid dienone is 1. The van der Waals surface area contributed by atoms with Gasteiger partial charge in [-0.1, -0.05) is 54.2 Å². The summed E-state index contributed by atoms with van der Waals surface area (Å²) in [6.45, 7) is 23.8. The zero-order valence-corrected chi connectivity index (χ0v) is 26.7. The first-order valence-electron chi connectivity index (χ1n) is 14.8. The lowest BCUT2D eigenvalue weighted by molar-refractivity contribution is -0.135. The summed E-state index contributed by atoms with van der Waals surface area (Å²) in [6, 6.07) is 0.260. The van der Waals surface area contributed by atoms with Gasteiger partial charge in [-0.05, 0) is 50.3 Å². The minimum absolute atomic E-state index is 0.184. The number of nitrogens with one attached hydrogen (secondary N) is 1. The van der Waals surface area contributed by atoms with E-state index in [0.29, 0.717) is 31.6 Å². The molecule has 39 heavy (non-hydrogen) atoms. The van der Waals surface area contributed by atoms with Gasteiger partial charge in [0.05, 0.1) is 19.8 Å². The van der Waals surface area contributed by atoms with Crippen molar-refractivity contribution in [2.24, 2.45) is 11.8 Å². The highest BCUT2D eigenvalue weighted by atomic mass is 32.2. The lowest BCUT2D eigenvalue weighted by Gasteiger charge is -2.39. The third-order valence-corrected chi connectivity index (χ3v) is 7.20. The van der Waals surface area contributed by atoms with Crippen molar-refractivity contribution in [3.05, 3.63) is 23.3 Å². The van der Waals surface area contributed by atoms with Gasteiger partial charge in [0.15, 0.2) is 0 Å². The highest BCUT2D eigenvalue weighted by Gasteiger charge is 2.29. The van der Waals surface area contributed by atoms with Crippen molar-refractivity contribution >= 4 is 24.1 Å². The fourth-order valence-electron chi connectivity index (χ4n) is 4.57. The van der Waals surface area contributed by atoms with Crippen molar-refractivity contribution < 1.29 is 19.4 Å². The van der Waals surface area contributed by atoms with E-state index in [1.807, 2.05) is 20.1 Å². The third kappa shape index (κ3) is 15.7. The molecule has 2 N–H and O–H groups in total. The predicted molar refractivity (Wildman–Crippen MR) is 166 cm³/mol. The van der Waals surface area contributed by atoms with E-state index in [9.17, 15) is 14.7 Å². The lowest BCUT2D eigenvalue weighted by atomic mass is 9.95. The molecule has 9 heteroatoms. The molecular weight excluding hydrogens is 512 g/mol. The zero-order chi connectivity index (χ0) is 29.6. The van der Waals surface area contributed by atoms with Gasteiger partial charge in [-0.15, -0.1) is 11.8 Å². The smallest absolute Gasteiger partial charge is 0.242 e. The molecule has 8 nitrogen and oxygen atoms in total. The first-order valence-corrected chi connectivity index (χ1v) is 16.1. The quantitative estimate of drug-likeness (QED) is 0.184. The molecule has 0 saturated carbocycles. The summed E-state index contributed by atoms with van der Waals surface area (Å²) < 4.78 is 5.00. The van der Waals surface area contributed by atoms with E-state index in [1.165, 1.54) is 0 Å². The number of aliphatic hydroxyl groups excluding tert-OH is 1. The lowest BCUT2D eigenvalue weighted by Crippen LogP contribution is -2.54. The molecule has 2 fully saturated rings. The Morgan fingerprint density at radius 1 is 1.23 bits per heavy atom. The summed E-state index contributed by atoms with van der Waals surface area (Å²) in [5.74, 6) is 1.22. The van der Waals surface area contributed by atoms with Gasteiger partial charge in [0.2, 0.25) is 12.3 Å². The van der Waals surface area contributed by atoms with E-state index in [0.717, 1.165) is 82.0 Å². The summed E-state index contributed by atoms with van der Waals surface area (Å²) in [4.78, 5) is 30.5. The van der Waals surface area contributed by atoms with Crippen molar-refractivity contribution in [3.63, 3.8) is 0 Å². The molecule has 2 rings (SSSR count). The van der Waals surface area contributed by atoms with Crippen LogP contribution in [0, 0.1) is 11.8 Å². The molecule has 2 aliphatic rings. The number of rotatable bonds is 14. The number of unbranched alkanes of at least 4 members (excludes halogenated alkanes) is 1. The average Bonchev–Trinajstić information content (AvgIpc) is 2.95. The third-order valence-electron chi connectivity index (χ3n) is 6.50. The van der Waals surface area contributed by atoms with Crippen LogP contribution in [0.1, 0.15) is 67.2 Å². The number of morpholine rings is 1. The van der Waals surface area contributed by atoms with Crippen LogP contribution in [-0.2, 0) is 14.3 Å². The Bertz CT molecular complexity index is 698. The Labute approximate surface area is 243 Å². The number of amides is 2. The van der Waals surface area contributed by atoms with Crippen molar-refractivity contribution in [1.82, 2.24) is 20.0 Å². The number of hydrogen-bond donors (Lipinski definition) is 2. The largest absolute Gasteiger partial charge is 0.396 e. The van der Waals surface area contributed by atoms with E-state index in [1.54, 1.807) is 16.7 Å². The number of hydrogen-bond acceptors (Lipinski definition) is 7. The fourth-order valence-corrected chi connectivity index (χ4v) is 4.99.